The molecule has 0 fully saturated rings. The van der Waals surface area contributed by atoms with E-state index < -0.39 is 47.4 Å². The van der Waals surface area contributed by atoms with Gasteiger partial charge in [-0.2, -0.15) is 0 Å². The molecule has 0 aromatic carbocycles. The van der Waals surface area contributed by atoms with Gasteiger partial charge in [0.15, 0.2) is 12.2 Å². The van der Waals surface area contributed by atoms with Crippen molar-refractivity contribution in [2.75, 3.05) is 39.6 Å². The van der Waals surface area contributed by atoms with Crippen molar-refractivity contribution in [2.24, 2.45) is 11.5 Å². The number of hydrogen-bond acceptors (Lipinski definition) is 10. The highest BCUT2D eigenvalue weighted by Crippen LogP contribution is 2.25. The topological polar surface area (TPSA) is 142 Å². The van der Waals surface area contributed by atoms with E-state index in [0.29, 0.717) is 26.4 Å². The quantitative estimate of drug-likeness (QED) is 0.0343. The minimum absolute atomic E-state index is 0.123. The molecule has 10 heteroatoms. The molecule has 10 nitrogen and oxygen atoms in total. The third kappa shape index (κ3) is 64.0. The molecule has 0 saturated carbocycles. The highest BCUT2D eigenvalue weighted by Gasteiger charge is 2.45. The fourth-order valence-electron chi connectivity index (χ4n) is 11.2. The Balaban J connectivity index is 6.41. The van der Waals surface area contributed by atoms with Gasteiger partial charge in [-0.05, 0) is 182 Å². The van der Waals surface area contributed by atoms with Crippen LogP contribution in [-0.2, 0) is 38.0 Å². The van der Waals surface area contributed by atoms with E-state index in [1.807, 2.05) is 0 Å². The third-order valence-corrected chi connectivity index (χ3v) is 17.5. The molecular weight excluding hydrogens is 1190 g/mol. The molecule has 0 heterocycles. The highest BCUT2D eigenvalue weighted by molar-refractivity contribution is 5.80. The van der Waals surface area contributed by atoms with E-state index >= 15 is 0 Å². The summed E-state index contributed by atoms with van der Waals surface area (Å²) < 4.78 is 39.8. The van der Waals surface area contributed by atoms with Crippen LogP contribution in [0.3, 0.4) is 0 Å². The van der Waals surface area contributed by atoms with Crippen molar-refractivity contribution in [1.29, 1.82) is 0 Å². The number of allylic oxidation sites excluding steroid dienone is 16. The number of carbonyl (C=O) groups is 2. The Morgan fingerprint density at radius 3 is 0.698 bits per heavy atom. The first-order valence-electron chi connectivity index (χ1n) is 40.4. The van der Waals surface area contributed by atoms with Crippen molar-refractivity contribution in [3.63, 3.8) is 0 Å². The van der Waals surface area contributed by atoms with E-state index in [0.717, 1.165) is 141 Å². The maximum atomic E-state index is 14.2. The Morgan fingerprint density at radius 1 is 0.281 bits per heavy atom. The monoisotopic (exact) mass is 1350 g/mol. The number of hydrogen-bond donors (Lipinski definition) is 2. The minimum Gasteiger partial charge on any atom is -0.454 e. The Bertz CT molecular complexity index is 1790. The average Bonchev–Trinajstić information content (AvgIpc) is 0.834. The van der Waals surface area contributed by atoms with Crippen molar-refractivity contribution in [2.45, 2.75) is 399 Å². The normalized spacial score (nSPS) is 14.1. The first kappa shape index (κ1) is 92.6. The van der Waals surface area contributed by atoms with E-state index in [1.165, 1.54) is 167 Å². The van der Waals surface area contributed by atoms with Gasteiger partial charge in [0.1, 0.15) is 23.3 Å². The zero-order valence-electron chi connectivity index (χ0n) is 64.2. The molecule has 0 aromatic heterocycles. The second-order valence-corrected chi connectivity index (χ2v) is 28.5. The van der Waals surface area contributed by atoms with E-state index in [1.54, 1.807) is 27.7 Å². The second-order valence-electron chi connectivity index (χ2n) is 28.5. The average molecular weight is 1350 g/mol. The summed E-state index contributed by atoms with van der Waals surface area (Å²) in [6.07, 6.45) is 88.2. The number of nitrogens with two attached hydrogens (primary N) is 2. The number of ether oxygens (including phenoxy) is 6. The van der Waals surface area contributed by atoms with Crippen LogP contribution in [0.5, 0.6) is 0 Å². The zero-order valence-corrected chi connectivity index (χ0v) is 64.2. The van der Waals surface area contributed by atoms with E-state index in [4.69, 9.17) is 39.9 Å². The predicted octanol–water partition coefficient (Wildman–Crippen LogP) is 24.3. The number of unbranched alkanes of at least 4 members (excludes halogenated alkanes) is 36. The first-order valence-corrected chi connectivity index (χ1v) is 40.4. The molecule has 558 valence electrons. The van der Waals surface area contributed by atoms with Crippen LogP contribution in [0.4, 0.5) is 0 Å². The summed E-state index contributed by atoms with van der Waals surface area (Å²) in [5, 5.41) is 0. The highest BCUT2D eigenvalue weighted by atomic mass is 16.6. The van der Waals surface area contributed by atoms with Crippen LogP contribution in [0.15, 0.2) is 97.2 Å². The van der Waals surface area contributed by atoms with Crippen LogP contribution in [0.1, 0.15) is 364 Å². The predicted molar refractivity (Wildman–Crippen MR) is 415 cm³/mol. The Hall–Kier alpha value is -3.38. The van der Waals surface area contributed by atoms with Gasteiger partial charge in [0.2, 0.25) is 0 Å². The van der Waals surface area contributed by atoms with Crippen LogP contribution in [-0.4, -0.2) is 87.1 Å². The number of carbonyl (C=O) groups excluding carboxylic acids is 2. The van der Waals surface area contributed by atoms with Gasteiger partial charge >= 0.3 is 11.9 Å². The van der Waals surface area contributed by atoms with Crippen molar-refractivity contribution in [1.82, 2.24) is 0 Å². The van der Waals surface area contributed by atoms with Gasteiger partial charge in [0, 0.05) is 26.4 Å². The lowest BCUT2D eigenvalue weighted by Crippen LogP contribution is -2.58. The zero-order chi connectivity index (χ0) is 70.2. The number of rotatable bonds is 73. The minimum atomic E-state index is -1.36. The summed E-state index contributed by atoms with van der Waals surface area (Å²) in [5.74, 6) is -1.28. The Morgan fingerprint density at radius 2 is 0.479 bits per heavy atom. The summed E-state index contributed by atoms with van der Waals surface area (Å²) >= 11 is 0. The molecule has 0 amide bonds. The van der Waals surface area contributed by atoms with Crippen LogP contribution < -0.4 is 11.5 Å². The fourth-order valence-corrected chi connectivity index (χ4v) is 11.2. The van der Waals surface area contributed by atoms with Crippen molar-refractivity contribution in [3.8, 4) is 0 Å². The molecule has 0 aliphatic heterocycles. The van der Waals surface area contributed by atoms with Gasteiger partial charge in [-0.1, -0.05) is 279 Å². The van der Waals surface area contributed by atoms with Crippen molar-refractivity contribution in [3.05, 3.63) is 97.2 Å². The van der Waals surface area contributed by atoms with Gasteiger partial charge in [-0.25, -0.2) is 0 Å². The molecule has 0 saturated heterocycles. The van der Waals surface area contributed by atoms with Crippen LogP contribution in [0, 0.1) is 0 Å². The Labute approximate surface area is 594 Å². The van der Waals surface area contributed by atoms with E-state index in [9.17, 15) is 9.59 Å². The standard InChI is InChI=1S/C86H156N2O8/c1-9-13-17-21-25-29-33-37-41-45-49-53-57-61-65-69-73-91-77-79(93-75-71-67-63-59-55-51-47-43-39-35-31-27-23-19-15-11-3)81(95-83(89)85(5,6)87)82(96-84(90)86(7,8)88)80(94-76-72-68-64-60-56-52-48-44-40-36-32-28-24-20-16-12-4)78-92-74-70-66-62-58-54-50-46-42-38-34-30-26-22-18-14-10-2/h25-32,37-44,79-82H,9-24,33-36,45-78,87-88H2,1-8H3/b29-25-,30-26-,31-27-,32-28-,41-37-,42-38-,43-39-,44-40-/t79-,80-,81-,82-/m1/s1. The lowest BCUT2D eigenvalue weighted by molar-refractivity contribution is -0.210. The van der Waals surface area contributed by atoms with Gasteiger partial charge in [0.25, 0.3) is 0 Å². The lowest BCUT2D eigenvalue weighted by atomic mass is 10.00. The molecule has 4 N–H and O–H groups in total. The van der Waals surface area contributed by atoms with E-state index in [-0.39, 0.29) is 13.2 Å². The molecule has 0 aromatic rings. The molecule has 0 aliphatic carbocycles. The van der Waals surface area contributed by atoms with Gasteiger partial charge in [0.05, 0.1) is 13.2 Å². The maximum absolute atomic E-state index is 14.2. The van der Waals surface area contributed by atoms with Crippen molar-refractivity contribution < 1.29 is 38.0 Å². The van der Waals surface area contributed by atoms with Crippen LogP contribution >= 0.6 is 0 Å². The van der Waals surface area contributed by atoms with Crippen LogP contribution in [0.25, 0.3) is 0 Å². The number of esters is 2. The molecule has 0 unspecified atom stereocenters. The van der Waals surface area contributed by atoms with Crippen molar-refractivity contribution >= 4 is 11.9 Å². The molecule has 0 aliphatic rings. The summed E-state index contributed by atoms with van der Waals surface area (Å²) in [6, 6.07) is 0. The van der Waals surface area contributed by atoms with Gasteiger partial charge in [-0.3, -0.25) is 9.59 Å². The van der Waals surface area contributed by atoms with Gasteiger partial charge in [-0.15, -0.1) is 0 Å². The summed E-state index contributed by atoms with van der Waals surface area (Å²) in [4.78, 5) is 28.4. The summed E-state index contributed by atoms with van der Waals surface area (Å²) in [5.41, 5.74) is 10.3. The molecule has 0 spiro atoms. The molecule has 0 radical (unpaired) electrons. The first-order chi connectivity index (χ1) is 46.8. The molecule has 96 heavy (non-hydrogen) atoms. The second kappa shape index (κ2) is 71.4. The summed E-state index contributed by atoms with van der Waals surface area (Å²) in [7, 11) is 0. The molecular formula is C86H156N2O8. The molecule has 0 bridgehead atoms. The molecule has 4 atom stereocenters. The Kier molecular flexibility index (Phi) is 68.9. The third-order valence-electron chi connectivity index (χ3n) is 17.5. The van der Waals surface area contributed by atoms with Gasteiger partial charge < -0.3 is 39.9 Å². The SMILES string of the molecule is CCCCC/C=C\C/C=C\CCCCCCCCOC[C@@H](OCCCCCCCC/C=C\C/C=C\CCCCC)[C@@H](OC(=O)C(C)(C)N)[C@H](OC(=O)C(C)(C)N)[C@@H](COCCCCCCCC/C=C\C/C=C\CCCCC)OCCCCCCCC/C=C\C/C=C\CCCCC. The smallest absolute Gasteiger partial charge is 0.326 e. The maximum Gasteiger partial charge on any atom is 0.326 e. The fraction of sp³-hybridized carbons (Fsp3) is 0.791. The largest absolute Gasteiger partial charge is 0.454 e. The lowest BCUT2D eigenvalue weighted by Gasteiger charge is -2.38. The molecule has 0 rings (SSSR count). The van der Waals surface area contributed by atoms with E-state index in [2.05, 4.69) is 125 Å². The van der Waals surface area contributed by atoms with Crippen LogP contribution in [0.2, 0.25) is 0 Å². The summed E-state index contributed by atoms with van der Waals surface area (Å²) in [6.45, 7) is 17.7.